The van der Waals surface area contributed by atoms with Crippen LogP contribution >= 0.6 is 11.6 Å². The van der Waals surface area contributed by atoms with Gasteiger partial charge in [0.2, 0.25) is 0 Å². The summed E-state index contributed by atoms with van der Waals surface area (Å²) >= 11 is 3.82. The van der Waals surface area contributed by atoms with Gasteiger partial charge in [-0.2, -0.15) is 8.78 Å². The highest BCUT2D eigenvalue weighted by Crippen LogP contribution is 2.32. The Bertz CT molecular complexity index is 186. The van der Waals surface area contributed by atoms with E-state index in [1.165, 1.54) is 0 Å². The summed E-state index contributed by atoms with van der Waals surface area (Å²) in [6, 6.07) is 0. The van der Waals surface area contributed by atoms with E-state index in [-0.39, 0.29) is 0 Å². The fraction of sp³-hybridized carbons (Fsp3) is 1.00. The molecule has 0 aliphatic heterocycles. The molecule has 0 amide bonds. The van der Waals surface area contributed by atoms with Crippen molar-refractivity contribution in [3.8, 4) is 0 Å². The van der Waals surface area contributed by atoms with Crippen molar-refractivity contribution in [3.05, 3.63) is 0 Å². The molecule has 0 unspecified atom stereocenters. The fourth-order valence-electron chi connectivity index (χ4n) is 0.247. The third-order valence-corrected chi connectivity index (χ3v) is 0.545. The molecular formula is C3ClF7O3. The molecule has 0 spiro atoms. The molecule has 0 saturated heterocycles. The van der Waals surface area contributed by atoms with E-state index < -0.39 is 18.2 Å². The van der Waals surface area contributed by atoms with E-state index in [0.29, 0.717) is 0 Å². The third kappa shape index (κ3) is 8.29. The smallest absolute Gasteiger partial charge is 0.214 e. The Morgan fingerprint density at radius 3 is 1.50 bits per heavy atom. The molecule has 0 aromatic rings. The molecule has 0 radical (unpaired) electrons. The van der Waals surface area contributed by atoms with Crippen LogP contribution in [0, 0.1) is 0 Å². The highest BCUT2D eigenvalue weighted by molar-refractivity contribution is 6.20. The lowest BCUT2D eigenvalue weighted by atomic mass is 11.2. The molecule has 86 valence electrons. The first kappa shape index (κ1) is 13.7. The molecule has 0 aliphatic rings. The van der Waals surface area contributed by atoms with Crippen molar-refractivity contribution in [2.24, 2.45) is 0 Å². The van der Waals surface area contributed by atoms with Gasteiger partial charge in [-0.15, -0.1) is 31.7 Å². The van der Waals surface area contributed by atoms with Gasteiger partial charge in [-0.1, -0.05) is 0 Å². The van der Waals surface area contributed by atoms with Crippen molar-refractivity contribution in [2.75, 3.05) is 0 Å². The van der Waals surface area contributed by atoms with Gasteiger partial charge in [0.15, 0.2) is 0 Å². The number of hydrogen-bond donors (Lipinski definition) is 0. The summed E-state index contributed by atoms with van der Waals surface area (Å²) in [5, 5.41) is 0. The van der Waals surface area contributed by atoms with E-state index in [9.17, 15) is 30.7 Å². The molecule has 0 N–H and O–H groups in total. The second-order valence-electron chi connectivity index (χ2n) is 1.62. The van der Waals surface area contributed by atoms with Gasteiger partial charge in [-0.05, 0) is 11.6 Å². The fourth-order valence-corrected chi connectivity index (χ4v) is 0.337. The Hall–Kier alpha value is -0.320. The predicted molar refractivity (Wildman–Crippen MR) is 25.1 cm³/mol. The van der Waals surface area contributed by atoms with Crippen LogP contribution in [0.5, 0.6) is 0 Å². The van der Waals surface area contributed by atoms with Crippen LogP contribution in [0.25, 0.3) is 0 Å². The normalized spacial score (nSPS) is 14.6. The van der Waals surface area contributed by atoms with Crippen molar-refractivity contribution in [2.45, 2.75) is 18.2 Å². The second-order valence-corrected chi connectivity index (χ2v) is 2.06. The molecule has 0 heterocycles. The molecule has 14 heavy (non-hydrogen) atoms. The lowest BCUT2D eigenvalue weighted by Crippen LogP contribution is -2.34. The minimum absolute atomic E-state index is 2.07. The molecule has 0 bridgehead atoms. The van der Waals surface area contributed by atoms with E-state index in [0.717, 1.165) is 0 Å². The highest BCUT2D eigenvalue weighted by atomic mass is 35.5. The molecule has 0 aliphatic carbocycles. The molecule has 0 aromatic carbocycles. The van der Waals surface area contributed by atoms with E-state index in [1.807, 2.05) is 0 Å². The summed E-state index contributed by atoms with van der Waals surface area (Å²) in [5.41, 5.74) is -4.89. The van der Waals surface area contributed by atoms with Gasteiger partial charge in [-0.3, -0.25) is 0 Å². The van der Waals surface area contributed by atoms with E-state index in [4.69, 9.17) is 0 Å². The summed E-state index contributed by atoms with van der Waals surface area (Å²) in [4.78, 5) is 4.30. The van der Waals surface area contributed by atoms with Crippen LogP contribution in [-0.2, 0) is 14.5 Å². The monoisotopic (exact) mass is 252 g/mol. The van der Waals surface area contributed by atoms with Gasteiger partial charge in [0.25, 0.3) is 0 Å². The van der Waals surface area contributed by atoms with Crippen LogP contribution in [0.3, 0.4) is 0 Å². The van der Waals surface area contributed by atoms with Crippen LogP contribution in [0.4, 0.5) is 30.7 Å². The number of halogens is 8. The number of hydrogen-bond acceptors (Lipinski definition) is 3. The average molecular weight is 252 g/mol. The van der Waals surface area contributed by atoms with Crippen molar-refractivity contribution >= 4 is 11.6 Å². The van der Waals surface area contributed by atoms with E-state index in [2.05, 4.69) is 26.1 Å². The first-order chi connectivity index (χ1) is 5.91. The topological polar surface area (TPSA) is 27.7 Å². The zero-order valence-electron chi connectivity index (χ0n) is 5.75. The molecule has 0 saturated carbocycles. The Kier molecular flexibility index (Phi) is 3.95. The molecule has 0 aromatic heterocycles. The summed E-state index contributed by atoms with van der Waals surface area (Å²) in [6.07, 6.45) is -10.9. The number of rotatable bonds is 4. The van der Waals surface area contributed by atoms with E-state index >= 15 is 0 Å². The predicted octanol–water partition coefficient (Wildman–Crippen LogP) is 2.81. The van der Waals surface area contributed by atoms with Crippen LogP contribution in [0.1, 0.15) is 0 Å². The van der Waals surface area contributed by atoms with Crippen molar-refractivity contribution in [1.82, 2.24) is 0 Å². The Morgan fingerprint density at radius 1 is 0.786 bits per heavy atom. The SMILES string of the molecule is FC(F)(F)OOC(F)(F)OC(F)(F)Cl. The first-order valence-corrected chi connectivity index (χ1v) is 2.87. The average Bonchev–Trinajstić information content (AvgIpc) is 1.76. The first-order valence-electron chi connectivity index (χ1n) is 2.50. The van der Waals surface area contributed by atoms with Crippen LogP contribution in [0.15, 0.2) is 0 Å². The summed E-state index contributed by atoms with van der Waals surface area (Å²) < 4.78 is 82.1. The standard InChI is InChI=1S/C3ClF7O3/c4-1(5,6)12-3(10,11)14-13-2(7,8)9. The quantitative estimate of drug-likeness (QED) is 0.253. The minimum atomic E-state index is -5.59. The third-order valence-electron chi connectivity index (χ3n) is 0.468. The van der Waals surface area contributed by atoms with Crippen LogP contribution in [0.2, 0.25) is 0 Å². The van der Waals surface area contributed by atoms with Crippen molar-refractivity contribution < 1.29 is 45.2 Å². The number of ether oxygens (including phenoxy) is 1. The van der Waals surface area contributed by atoms with Crippen molar-refractivity contribution in [3.63, 3.8) is 0 Å². The van der Waals surface area contributed by atoms with Crippen LogP contribution < -0.4 is 0 Å². The van der Waals surface area contributed by atoms with Gasteiger partial charge in [0.05, 0.1) is 0 Å². The van der Waals surface area contributed by atoms with E-state index in [1.54, 1.807) is 0 Å². The lowest BCUT2D eigenvalue weighted by Gasteiger charge is -2.17. The molecule has 3 nitrogen and oxygen atoms in total. The Balaban J connectivity index is 4.09. The molecule has 0 rings (SSSR count). The molecular weight excluding hydrogens is 252 g/mol. The largest absolute Gasteiger partial charge is 0.549 e. The zero-order chi connectivity index (χ0) is 11.6. The minimum Gasteiger partial charge on any atom is -0.214 e. The Labute approximate surface area is 76.2 Å². The molecule has 11 heteroatoms. The lowest BCUT2D eigenvalue weighted by molar-refractivity contribution is -0.605. The van der Waals surface area contributed by atoms with Gasteiger partial charge in [0, 0.05) is 0 Å². The molecule has 0 fully saturated rings. The number of alkyl halides is 8. The van der Waals surface area contributed by atoms with Crippen LogP contribution in [-0.4, -0.2) is 18.2 Å². The van der Waals surface area contributed by atoms with Gasteiger partial charge in [0.1, 0.15) is 0 Å². The van der Waals surface area contributed by atoms with Gasteiger partial charge < -0.3 is 0 Å². The summed E-state index contributed by atoms with van der Waals surface area (Å²) in [5.74, 6) is 0. The maximum atomic E-state index is 11.8. The molecule has 0 atom stereocenters. The van der Waals surface area contributed by atoms with Gasteiger partial charge >= 0.3 is 18.2 Å². The second kappa shape index (κ2) is 4.04. The summed E-state index contributed by atoms with van der Waals surface area (Å²) in [6.45, 7) is 0. The van der Waals surface area contributed by atoms with Gasteiger partial charge in [-0.25, -0.2) is 4.74 Å². The maximum Gasteiger partial charge on any atom is 0.549 e. The van der Waals surface area contributed by atoms with Crippen molar-refractivity contribution in [1.29, 1.82) is 0 Å². The Morgan fingerprint density at radius 2 is 1.21 bits per heavy atom. The highest BCUT2D eigenvalue weighted by Gasteiger charge is 2.48. The summed E-state index contributed by atoms with van der Waals surface area (Å²) in [7, 11) is 0. The maximum absolute atomic E-state index is 11.8. The zero-order valence-corrected chi connectivity index (χ0v) is 6.50.